The van der Waals surface area contributed by atoms with Crippen molar-refractivity contribution in [3.63, 3.8) is 0 Å². The fourth-order valence-electron chi connectivity index (χ4n) is 2.34. The van der Waals surface area contributed by atoms with E-state index in [-0.39, 0.29) is 5.82 Å². The molecule has 4 heteroatoms. The number of rotatable bonds is 3. The summed E-state index contributed by atoms with van der Waals surface area (Å²) >= 11 is 0. The first-order valence-electron chi connectivity index (χ1n) is 6.55. The molecule has 3 rings (SSSR count). The van der Waals surface area contributed by atoms with Gasteiger partial charge in [0.2, 0.25) is 6.41 Å². The fourth-order valence-corrected chi connectivity index (χ4v) is 2.34. The van der Waals surface area contributed by atoms with E-state index in [0.29, 0.717) is 12.2 Å². The maximum Gasteiger partial charge on any atom is 0.212 e. The smallest absolute Gasteiger partial charge is 0.212 e. The maximum atomic E-state index is 13.1. The molecular formula is C17H13FN2O. The number of carbonyl (C=O) groups is 1. The summed E-state index contributed by atoms with van der Waals surface area (Å²) in [6.45, 7) is 1.98. The maximum absolute atomic E-state index is 13.1. The van der Waals surface area contributed by atoms with E-state index in [1.54, 1.807) is 18.2 Å². The van der Waals surface area contributed by atoms with Crippen LogP contribution >= 0.6 is 0 Å². The predicted molar refractivity (Wildman–Crippen MR) is 81.6 cm³/mol. The van der Waals surface area contributed by atoms with E-state index in [4.69, 9.17) is 0 Å². The van der Waals surface area contributed by atoms with E-state index in [9.17, 15) is 9.18 Å². The minimum absolute atomic E-state index is 0.279. The van der Waals surface area contributed by atoms with Gasteiger partial charge in [-0.2, -0.15) is 0 Å². The molecule has 21 heavy (non-hydrogen) atoms. The Balaban J connectivity index is 2.28. The van der Waals surface area contributed by atoms with Crippen LogP contribution in [0.3, 0.4) is 0 Å². The molecule has 1 aromatic heterocycles. The highest BCUT2D eigenvalue weighted by Crippen LogP contribution is 2.30. The summed E-state index contributed by atoms with van der Waals surface area (Å²) in [7, 11) is 0. The fraction of sp³-hybridized carbons (Fsp3) is 0.0588. The third-order valence-electron chi connectivity index (χ3n) is 3.33. The number of aromatic nitrogens is 1. The number of carbonyl (C=O) groups excluding carboxylic acids is 1. The summed E-state index contributed by atoms with van der Waals surface area (Å²) in [5.74, 6) is 0.196. The number of hydrogen-bond acceptors (Lipinski definition) is 2. The standard InChI is InChI=1S/C17H13FN2O/c1-11-2-7-14-15(12-3-5-13(18)6-4-12)9-17(19-10-21)20-16(14)8-11/h2-10H,1H3,(H,19,20,21). The van der Waals surface area contributed by atoms with Crippen LogP contribution in [0.4, 0.5) is 10.2 Å². The molecule has 0 aliphatic rings. The monoisotopic (exact) mass is 280 g/mol. The highest BCUT2D eigenvalue weighted by Gasteiger charge is 2.08. The van der Waals surface area contributed by atoms with Crippen LogP contribution in [0.25, 0.3) is 22.0 Å². The van der Waals surface area contributed by atoms with Gasteiger partial charge in [-0.15, -0.1) is 0 Å². The molecule has 0 saturated heterocycles. The molecule has 0 bridgehead atoms. The molecule has 3 aromatic rings. The summed E-state index contributed by atoms with van der Waals surface area (Å²) in [6, 6.07) is 14.0. The molecule has 1 N–H and O–H groups in total. The van der Waals surface area contributed by atoms with E-state index in [0.717, 1.165) is 27.6 Å². The largest absolute Gasteiger partial charge is 0.313 e. The molecule has 1 amide bonds. The molecule has 3 nitrogen and oxygen atoms in total. The second-order valence-corrected chi connectivity index (χ2v) is 4.84. The quantitative estimate of drug-likeness (QED) is 0.739. The molecule has 0 saturated carbocycles. The van der Waals surface area contributed by atoms with Crippen LogP contribution in [-0.4, -0.2) is 11.4 Å². The topological polar surface area (TPSA) is 42.0 Å². The number of halogens is 1. The van der Waals surface area contributed by atoms with Crippen molar-refractivity contribution in [1.29, 1.82) is 0 Å². The first-order valence-corrected chi connectivity index (χ1v) is 6.55. The summed E-state index contributed by atoms with van der Waals surface area (Å²) in [5.41, 5.74) is 3.66. The Morgan fingerprint density at radius 3 is 2.57 bits per heavy atom. The molecule has 0 fully saturated rings. The lowest BCUT2D eigenvalue weighted by molar-refractivity contribution is -0.105. The molecule has 2 aromatic carbocycles. The molecular weight excluding hydrogens is 267 g/mol. The van der Waals surface area contributed by atoms with Crippen molar-refractivity contribution in [1.82, 2.24) is 4.98 Å². The third-order valence-corrected chi connectivity index (χ3v) is 3.33. The Labute approximate surface area is 121 Å². The molecule has 0 unspecified atom stereocenters. The summed E-state index contributed by atoms with van der Waals surface area (Å²) in [6.07, 6.45) is 0.596. The first kappa shape index (κ1) is 13.2. The first-order chi connectivity index (χ1) is 10.2. The minimum Gasteiger partial charge on any atom is -0.313 e. The third kappa shape index (κ3) is 2.60. The summed E-state index contributed by atoms with van der Waals surface area (Å²) in [4.78, 5) is 15.1. The van der Waals surface area contributed by atoms with Gasteiger partial charge in [0.1, 0.15) is 11.6 Å². The van der Waals surface area contributed by atoms with Crippen molar-refractivity contribution in [2.45, 2.75) is 6.92 Å². The molecule has 1 heterocycles. The zero-order chi connectivity index (χ0) is 14.8. The second kappa shape index (κ2) is 5.32. The van der Waals surface area contributed by atoms with Crippen LogP contribution in [0.2, 0.25) is 0 Å². The van der Waals surface area contributed by atoms with E-state index in [2.05, 4.69) is 10.3 Å². The minimum atomic E-state index is -0.279. The van der Waals surface area contributed by atoms with Gasteiger partial charge in [-0.3, -0.25) is 4.79 Å². The van der Waals surface area contributed by atoms with Crippen molar-refractivity contribution in [2.75, 3.05) is 5.32 Å². The summed E-state index contributed by atoms with van der Waals surface area (Å²) in [5, 5.41) is 3.54. The van der Waals surface area contributed by atoms with Gasteiger partial charge >= 0.3 is 0 Å². The van der Waals surface area contributed by atoms with E-state index >= 15 is 0 Å². The number of nitrogens with zero attached hydrogens (tertiary/aromatic N) is 1. The molecule has 0 aliphatic carbocycles. The highest BCUT2D eigenvalue weighted by atomic mass is 19.1. The zero-order valence-corrected chi connectivity index (χ0v) is 11.4. The predicted octanol–water partition coefficient (Wildman–Crippen LogP) is 3.92. The molecule has 0 atom stereocenters. The van der Waals surface area contributed by atoms with Crippen LogP contribution < -0.4 is 5.32 Å². The highest BCUT2D eigenvalue weighted by molar-refractivity contribution is 5.97. The van der Waals surface area contributed by atoms with Crippen LogP contribution in [0.15, 0.2) is 48.5 Å². The Hall–Kier alpha value is -2.75. The number of fused-ring (bicyclic) bond motifs is 1. The lowest BCUT2D eigenvalue weighted by atomic mass is 10.00. The van der Waals surface area contributed by atoms with Crippen molar-refractivity contribution < 1.29 is 9.18 Å². The van der Waals surface area contributed by atoms with E-state index in [1.807, 2.05) is 25.1 Å². The average Bonchev–Trinajstić information content (AvgIpc) is 2.47. The zero-order valence-electron chi connectivity index (χ0n) is 11.4. The van der Waals surface area contributed by atoms with Gasteiger partial charge < -0.3 is 5.32 Å². The van der Waals surface area contributed by atoms with Crippen LogP contribution in [0.1, 0.15) is 5.56 Å². The number of pyridine rings is 1. The van der Waals surface area contributed by atoms with Crippen molar-refractivity contribution in [3.05, 3.63) is 59.9 Å². The van der Waals surface area contributed by atoms with Crippen LogP contribution in [-0.2, 0) is 4.79 Å². The number of nitrogens with one attached hydrogen (secondary N) is 1. The Morgan fingerprint density at radius 2 is 1.86 bits per heavy atom. The normalized spacial score (nSPS) is 10.6. The lowest BCUT2D eigenvalue weighted by Crippen LogP contribution is -1.98. The number of benzene rings is 2. The van der Waals surface area contributed by atoms with Gasteiger partial charge in [-0.25, -0.2) is 9.37 Å². The number of amides is 1. The van der Waals surface area contributed by atoms with Gasteiger partial charge in [-0.1, -0.05) is 24.3 Å². The number of anilines is 1. The van der Waals surface area contributed by atoms with E-state index < -0.39 is 0 Å². The summed E-state index contributed by atoms with van der Waals surface area (Å²) < 4.78 is 13.1. The van der Waals surface area contributed by atoms with Crippen molar-refractivity contribution in [3.8, 4) is 11.1 Å². The molecule has 0 aliphatic heterocycles. The van der Waals surface area contributed by atoms with Crippen LogP contribution in [0.5, 0.6) is 0 Å². The van der Waals surface area contributed by atoms with Crippen molar-refractivity contribution in [2.24, 2.45) is 0 Å². The Kier molecular flexibility index (Phi) is 3.36. The average molecular weight is 280 g/mol. The Bertz CT molecular complexity index is 813. The van der Waals surface area contributed by atoms with Gasteiger partial charge in [0.25, 0.3) is 0 Å². The van der Waals surface area contributed by atoms with Gasteiger partial charge in [0.05, 0.1) is 5.52 Å². The SMILES string of the molecule is Cc1ccc2c(-c3ccc(F)cc3)cc(NC=O)nc2c1. The number of hydrogen-bond donors (Lipinski definition) is 1. The van der Waals surface area contributed by atoms with Crippen molar-refractivity contribution >= 4 is 23.1 Å². The van der Waals surface area contributed by atoms with E-state index in [1.165, 1.54) is 12.1 Å². The number of aryl methyl sites for hydroxylation is 1. The van der Waals surface area contributed by atoms with Gasteiger partial charge in [0, 0.05) is 5.39 Å². The van der Waals surface area contributed by atoms with Crippen LogP contribution in [0, 0.1) is 12.7 Å². The second-order valence-electron chi connectivity index (χ2n) is 4.84. The Morgan fingerprint density at radius 1 is 1.10 bits per heavy atom. The van der Waals surface area contributed by atoms with Gasteiger partial charge in [0.15, 0.2) is 0 Å². The lowest BCUT2D eigenvalue weighted by Gasteiger charge is -2.10. The van der Waals surface area contributed by atoms with Gasteiger partial charge in [-0.05, 0) is 47.9 Å². The molecule has 0 spiro atoms. The molecule has 0 radical (unpaired) electrons. The molecule has 104 valence electrons.